The van der Waals surface area contributed by atoms with E-state index in [1.54, 1.807) is 0 Å². The topological polar surface area (TPSA) is 102 Å². The first-order chi connectivity index (χ1) is 4.52. The first kappa shape index (κ1) is 7.29. The van der Waals surface area contributed by atoms with Gasteiger partial charge in [-0.3, -0.25) is 0 Å². The van der Waals surface area contributed by atoms with E-state index in [2.05, 4.69) is 10.2 Å². The molecule has 0 radical (unpaired) electrons. The molecule has 0 aromatic carbocycles. The van der Waals surface area contributed by atoms with Gasteiger partial charge in [-0.15, -0.1) is 10.2 Å². The van der Waals surface area contributed by atoms with Gasteiger partial charge in [0.05, 0.1) is 0 Å². The number of anilines is 1. The summed E-state index contributed by atoms with van der Waals surface area (Å²) in [4.78, 5) is 0. The number of nitrogens with one attached hydrogen (secondary N) is 1. The zero-order valence-corrected chi connectivity index (χ0v) is 6.15. The van der Waals surface area contributed by atoms with Crippen molar-refractivity contribution in [3.05, 3.63) is 0 Å². The molecule has 8 heteroatoms. The Morgan fingerprint density at radius 1 is 1.50 bits per heavy atom. The van der Waals surface area contributed by atoms with E-state index in [0.29, 0.717) is 0 Å². The Hall–Kier alpha value is -0.820. The molecular weight excluding hydrogens is 180 g/mol. The van der Waals surface area contributed by atoms with Gasteiger partial charge in [-0.05, 0) is 0 Å². The third-order valence-electron chi connectivity index (χ3n) is 0.772. The molecule has 1 aromatic rings. The van der Waals surface area contributed by atoms with Crippen molar-refractivity contribution in [2.24, 2.45) is 0 Å². The summed E-state index contributed by atoms with van der Waals surface area (Å²) in [7, 11) is 1.03. The number of H-pyrrole nitrogens is 1. The van der Waals surface area contributed by atoms with Crippen LogP contribution in [-0.2, 0) is 9.05 Å². The average molecular weight is 183 g/mol. The van der Waals surface area contributed by atoms with Gasteiger partial charge in [0.2, 0.25) is 5.03 Å². The maximum Gasteiger partial charge on any atom is 0.284 e. The average Bonchev–Trinajstić information content (AvgIpc) is 2.11. The SMILES string of the molecule is Nc1n[nH]nc1S(=O)(=O)Cl. The lowest BCUT2D eigenvalue weighted by Crippen LogP contribution is -1.96. The van der Waals surface area contributed by atoms with Crippen molar-refractivity contribution in [1.29, 1.82) is 0 Å². The minimum atomic E-state index is -3.85. The highest BCUT2D eigenvalue weighted by atomic mass is 35.7. The molecule has 1 aromatic heterocycles. The standard InChI is InChI=1S/C2H3ClN4O2S/c3-10(8,9)2-1(4)5-7-6-2/h(H3,4,5,6,7). The van der Waals surface area contributed by atoms with Crippen LogP contribution in [0.1, 0.15) is 0 Å². The van der Waals surface area contributed by atoms with E-state index in [-0.39, 0.29) is 5.82 Å². The highest BCUT2D eigenvalue weighted by molar-refractivity contribution is 8.13. The molecule has 0 aliphatic heterocycles. The predicted octanol–water partition coefficient (Wildman–Crippen LogP) is -0.686. The summed E-state index contributed by atoms with van der Waals surface area (Å²) in [5.41, 5.74) is 5.06. The van der Waals surface area contributed by atoms with Crippen LogP contribution in [-0.4, -0.2) is 23.8 Å². The molecule has 0 saturated carbocycles. The van der Waals surface area contributed by atoms with E-state index >= 15 is 0 Å². The van der Waals surface area contributed by atoms with Crippen LogP contribution in [0.4, 0.5) is 5.82 Å². The van der Waals surface area contributed by atoms with Gasteiger partial charge < -0.3 is 5.73 Å². The fourth-order valence-corrected chi connectivity index (χ4v) is 1.19. The molecule has 0 fully saturated rings. The third kappa shape index (κ3) is 1.19. The Balaban J connectivity index is 3.32. The maximum atomic E-state index is 10.5. The quantitative estimate of drug-likeness (QED) is 0.560. The Morgan fingerprint density at radius 2 is 2.10 bits per heavy atom. The minimum absolute atomic E-state index is 0.227. The summed E-state index contributed by atoms with van der Waals surface area (Å²) in [5, 5.41) is 8.05. The molecular formula is C2H3ClN4O2S. The summed E-state index contributed by atoms with van der Waals surface area (Å²) in [6.07, 6.45) is 0. The summed E-state index contributed by atoms with van der Waals surface area (Å²) in [5.74, 6) is -0.227. The summed E-state index contributed by atoms with van der Waals surface area (Å²) in [6.45, 7) is 0. The molecule has 0 unspecified atom stereocenters. The second-order valence-corrected chi connectivity index (χ2v) is 3.93. The van der Waals surface area contributed by atoms with E-state index in [4.69, 9.17) is 16.4 Å². The third-order valence-corrected chi connectivity index (χ3v) is 1.97. The van der Waals surface area contributed by atoms with Crippen LogP contribution in [0, 0.1) is 0 Å². The van der Waals surface area contributed by atoms with Gasteiger partial charge in [-0.1, -0.05) is 0 Å². The van der Waals surface area contributed by atoms with Gasteiger partial charge in [-0.25, -0.2) is 8.42 Å². The smallest absolute Gasteiger partial charge is 0.284 e. The van der Waals surface area contributed by atoms with Crippen molar-refractivity contribution in [3.63, 3.8) is 0 Å². The molecule has 1 heterocycles. The number of aromatic nitrogens is 3. The van der Waals surface area contributed by atoms with Gasteiger partial charge in [0.25, 0.3) is 9.05 Å². The van der Waals surface area contributed by atoms with Gasteiger partial charge >= 0.3 is 0 Å². The van der Waals surface area contributed by atoms with Gasteiger partial charge in [0, 0.05) is 10.7 Å². The van der Waals surface area contributed by atoms with Crippen LogP contribution in [0.15, 0.2) is 5.03 Å². The van der Waals surface area contributed by atoms with Crippen molar-refractivity contribution >= 4 is 25.6 Å². The second-order valence-electron chi connectivity index (χ2n) is 1.45. The first-order valence-corrected chi connectivity index (χ1v) is 4.43. The molecule has 0 spiro atoms. The highest BCUT2D eigenvalue weighted by Crippen LogP contribution is 2.15. The van der Waals surface area contributed by atoms with Crippen LogP contribution < -0.4 is 5.73 Å². The van der Waals surface area contributed by atoms with Gasteiger partial charge in [-0.2, -0.15) is 5.21 Å². The second kappa shape index (κ2) is 2.10. The van der Waals surface area contributed by atoms with E-state index in [9.17, 15) is 8.42 Å². The lowest BCUT2D eigenvalue weighted by Gasteiger charge is -1.85. The normalized spacial score (nSPS) is 11.7. The van der Waals surface area contributed by atoms with Crippen molar-refractivity contribution in [1.82, 2.24) is 15.4 Å². The van der Waals surface area contributed by atoms with E-state index in [1.165, 1.54) is 0 Å². The summed E-state index contributed by atoms with van der Waals surface area (Å²) in [6, 6.07) is 0. The minimum Gasteiger partial charge on any atom is -0.380 e. The molecule has 56 valence electrons. The van der Waals surface area contributed by atoms with Crippen LogP contribution in [0.5, 0.6) is 0 Å². The molecule has 6 nitrogen and oxygen atoms in total. The number of nitrogens with zero attached hydrogens (tertiary/aromatic N) is 2. The van der Waals surface area contributed by atoms with E-state index < -0.39 is 14.1 Å². The number of rotatable bonds is 1. The summed E-state index contributed by atoms with van der Waals surface area (Å²) < 4.78 is 21.0. The molecule has 3 N–H and O–H groups in total. The molecule has 10 heavy (non-hydrogen) atoms. The lowest BCUT2D eigenvalue weighted by atomic mass is 10.8. The zero-order valence-electron chi connectivity index (χ0n) is 4.57. The van der Waals surface area contributed by atoms with Crippen molar-refractivity contribution in [2.75, 3.05) is 5.73 Å². The Morgan fingerprint density at radius 3 is 2.30 bits per heavy atom. The Labute approximate surface area is 60.8 Å². The summed E-state index contributed by atoms with van der Waals surface area (Å²) >= 11 is 0. The molecule has 0 aliphatic rings. The van der Waals surface area contributed by atoms with Crippen molar-refractivity contribution in [2.45, 2.75) is 5.03 Å². The van der Waals surface area contributed by atoms with Gasteiger partial charge in [0.1, 0.15) is 0 Å². The van der Waals surface area contributed by atoms with Crippen molar-refractivity contribution < 1.29 is 8.42 Å². The van der Waals surface area contributed by atoms with Crippen LogP contribution in [0.2, 0.25) is 0 Å². The fraction of sp³-hybridized carbons (Fsp3) is 0. The zero-order chi connectivity index (χ0) is 7.78. The van der Waals surface area contributed by atoms with Gasteiger partial charge in [0.15, 0.2) is 5.82 Å². The predicted molar refractivity (Wildman–Crippen MR) is 33.8 cm³/mol. The van der Waals surface area contributed by atoms with Crippen molar-refractivity contribution in [3.8, 4) is 0 Å². The first-order valence-electron chi connectivity index (χ1n) is 2.12. The molecule has 0 saturated heterocycles. The number of halogens is 1. The lowest BCUT2D eigenvalue weighted by molar-refractivity contribution is 0.606. The van der Waals surface area contributed by atoms with Crippen LogP contribution >= 0.6 is 10.7 Å². The molecule has 0 bridgehead atoms. The van der Waals surface area contributed by atoms with E-state index in [1.807, 2.05) is 5.21 Å². The molecule has 0 aliphatic carbocycles. The number of nitrogen functional groups attached to an aromatic ring is 1. The fourth-order valence-electron chi connectivity index (χ4n) is 0.409. The number of nitrogens with two attached hydrogens (primary N) is 1. The largest absolute Gasteiger partial charge is 0.380 e. The monoisotopic (exact) mass is 182 g/mol. The molecule has 0 atom stereocenters. The van der Waals surface area contributed by atoms with E-state index in [0.717, 1.165) is 0 Å². The Bertz CT molecular complexity index is 329. The number of hydrogen-bond acceptors (Lipinski definition) is 5. The van der Waals surface area contributed by atoms with Crippen LogP contribution in [0.25, 0.3) is 0 Å². The Kier molecular flexibility index (Phi) is 1.53. The number of aromatic amines is 1. The maximum absolute atomic E-state index is 10.5. The van der Waals surface area contributed by atoms with Crippen LogP contribution in [0.3, 0.4) is 0 Å². The molecule has 1 rings (SSSR count). The number of hydrogen-bond donors (Lipinski definition) is 2. The molecule has 0 amide bonds. The highest BCUT2D eigenvalue weighted by Gasteiger charge is 2.17.